The molecule has 2 aromatic carbocycles. The largest absolute Gasteiger partial charge is 0.658 e. The quantitative estimate of drug-likeness (QED) is 0.492. The molecule has 10 nitrogen and oxygen atoms in total. The SMILES string of the molecule is CC(=O)Nc1ccc(O[B]Oc2ccc(NC(C)=O)cc2C(=O)O)c(C(=O)O)c1. The third-order valence-corrected chi connectivity index (χ3v) is 3.41. The summed E-state index contributed by atoms with van der Waals surface area (Å²) >= 11 is 0. The van der Waals surface area contributed by atoms with E-state index in [9.17, 15) is 29.4 Å². The predicted molar refractivity (Wildman–Crippen MR) is 102 cm³/mol. The fraction of sp³-hybridized carbons (Fsp3) is 0.111. The first-order valence-corrected chi connectivity index (χ1v) is 8.12. The number of hydrogen-bond donors (Lipinski definition) is 4. The number of carboxylic acids is 2. The van der Waals surface area contributed by atoms with Crippen LogP contribution in [-0.2, 0) is 9.59 Å². The van der Waals surface area contributed by atoms with Crippen molar-refractivity contribution >= 4 is 42.8 Å². The summed E-state index contributed by atoms with van der Waals surface area (Å²) in [4.78, 5) is 45.0. The summed E-state index contributed by atoms with van der Waals surface area (Å²) in [6.45, 7) is 2.56. The average molecular weight is 399 g/mol. The molecule has 0 aliphatic heterocycles. The lowest BCUT2D eigenvalue weighted by Crippen LogP contribution is -2.16. The van der Waals surface area contributed by atoms with Crippen molar-refractivity contribution in [1.29, 1.82) is 0 Å². The average Bonchev–Trinajstić information content (AvgIpc) is 2.62. The van der Waals surface area contributed by atoms with Gasteiger partial charge in [0.2, 0.25) is 11.8 Å². The fourth-order valence-corrected chi connectivity index (χ4v) is 2.29. The van der Waals surface area contributed by atoms with Gasteiger partial charge >= 0.3 is 19.6 Å². The zero-order chi connectivity index (χ0) is 21.6. The standard InChI is InChI=1S/C18H16BN2O8/c1-9(22)20-11-3-5-15(13(7-11)17(24)25)28-19-29-16-6-4-12(21-10(2)23)8-14(16)18(26)27/h3-8H,1-2H3,(H,20,22)(H,21,23)(H,24,25)(H,26,27). The van der Waals surface area contributed by atoms with Gasteiger partial charge in [-0.1, -0.05) is 0 Å². The monoisotopic (exact) mass is 399 g/mol. The van der Waals surface area contributed by atoms with Crippen LogP contribution in [0, 0.1) is 0 Å². The van der Waals surface area contributed by atoms with E-state index in [0.29, 0.717) is 0 Å². The summed E-state index contributed by atoms with van der Waals surface area (Å²) in [6, 6.07) is 7.90. The number of hydrogen-bond acceptors (Lipinski definition) is 6. The molecule has 0 spiro atoms. The first kappa shape index (κ1) is 21.3. The van der Waals surface area contributed by atoms with Crippen LogP contribution < -0.4 is 19.9 Å². The van der Waals surface area contributed by atoms with Gasteiger partial charge < -0.3 is 30.2 Å². The van der Waals surface area contributed by atoms with E-state index in [2.05, 4.69) is 10.6 Å². The molecule has 0 heterocycles. The minimum absolute atomic E-state index is 0.0849. The Morgan fingerprint density at radius 3 is 1.45 bits per heavy atom. The molecule has 0 saturated heterocycles. The van der Waals surface area contributed by atoms with Crippen LogP contribution in [0.5, 0.6) is 11.5 Å². The zero-order valence-electron chi connectivity index (χ0n) is 15.4. The fourth-order valence-electron chi connectivity index (χ4n) is 2.29. The van der Waals surface area contributed by atoms with Crippen LogP contribution in [-0.4, -0.2) is 41.7 Å². The van der Waals surface area contributed by atoms with Gasteiger partial charge in [-0.05, 0) is 36.4 Å². The highest BCUT2D eigenvalue weighted by Gasteiger charge is 2.17. The van der Waals surface area contributed by atoms with Crippen molar-refractivity contribution in [3.8, 4) is 11.5 Å². The maximum Gasteiger partial charge on any atom is 0.658 e. The first-order valence-electron chi connectivity index (χ1n) is 8.12. The Balaban J connectivity index is 2.15. The molecular formula is C18H16BN2O8. The number of rotatable bonds is 8. The molecule has 0 aromatic heterocycles. The lowest BCUT2D eigenvalue weighted by molar-refractivity contribution is -0.115. The van der Waals surface area contributed by atoms with E-state index in [1.165, 1.54) is 50.2 Å². The molecule has 2 aromatic rings. The Morgan fingerprint density at radius 1 is 0.759 bits per heavy atom. The van der Waals surface area contributed by atoms with Crippen LogP contribution in [0.1, 0.15) is 34.6 Å². The number of benzene rings is 2. The second-order valence-corrected chi connectivity index (χ2v) is 5.73. The molecule has 0 unspecified atom stereocenters. The van der Waals surface area contributed by atoms with Gasteiger partial charge in [0.15, 0.2) is 0 Å². The number of aromatic carboxylic acids is 2. The van der Waals surface area contributed by atoms with Gasteiger partial charge in [0.05, 0.1) is 0 Å². The van der Waals surface area contributed by atoms with Gasteiger partial charge in [-0.15, -0.1) is 0 Å². The van der Waals surface area contributed by atoms with Crippen molar-refractivity contribution in [1.82, 2.24) is 0 Å². The normalized spacial score (nSPS) is 9.86. The number of carboxylic acid groups (broad SMARTS) is 2. The molecule has 0 saturated carbocycles. The van der Waals surface area contributed by atoms with Crippen molar-refractivity contribution in [3.05, 3.63) is 47.5 Å². The van der Waals surface area contributed by atoms with Crippen molar-refractivity contribution in [2.24, 2.45) is 0 Å². The highest BCUT2D eigenvalue weighted by Crippen LogP contribution is 2.25. The van der Waals surface area contributed by atoms with Crippen molar-refractivity contribution in [3.63, 3.8) is 0 Å². The van der Waals surface area contributed by atoms with Crippen LogP contribution in [0.15, 0.2) is 36.4 Å². The molecule has 2 rings (SSSR count). The van der Waals surface area contributed by atoms with E-state index in [-0.39, 0.29) is 45.8 Å². The van der Waals surface area contributed by atoms with E-state index < -0.39 is 11.9 Å². The molecule has 11 heteroatoms. The number of nitrogens with one attached hydrogen (secondary N) is 2. The van der Waals surface area contributed by atoms with Crippen LogP contribution in [0.25, 0.3) is 0 Å². The molecule has 0 aliphatic rings. The maximum atomic E-state index is 11.4. The van der Waals surface area contributed by atoms with Crippen LogP contribution in [0.3, 0.4) is 0 Å². The summed E-state index contributed by atoms with van der Waals surface area (Å²) in [7, 11) is 0.777. The molecule has 0 atom stereocenters. The lowest BCUT2D eigenvalue weighted by Gasteiger charge is -2.13. The molecule has 149 valence electrons. The molecule has 0 bridgehead atoms. The summed E-state index contributed by atoms with van der Waals surface area (Å²) in [5, 5.41) is 23.5. The highest BCUT2D eigenvalue weighted by molar-refractivity contribution is 6.21. The van der Waals surface area contributed by atoms with Gasteiger partial charge in [-0.2, -0.15) is 0 Å². The topological polar surface area (TPSA) is 151 Å². The Hall–Kier alpha value is -4.02. The highest BCUT2D eigenvalue weighted by atomic mass is 16.6. The molecular weight excluding hydrogens is 383 g/mol. The van der Waals surface area contributed by atoms with Crippen LogP contribution in [0.4, 0.5) is 11.4 Å². The van der Waals surface area contributed by atoms with Gasteiger partial charge in [0, 0.05) is 25.2 Å². The predicted octanol–water partition coefficient (Wildman–Crippen LogP) is 1.99. The minimum Gasteiger partial charge on any atom is -0.526 e. The third-order valence-electron chi connectivity index (χ3n) is 3.41. The molecule has 0 aliphatic carbocycles. The number of amides is 2. The Labute approximate surface area is 165 Å². The smallest absolute Gasteiger partial charge is 0.526 e. The van der Waals surface area contributed by atoms with E-state index >= 15 is 0 Å². The number of carbonyl (C=O) groups excluding carboxylic acids is 2. The molecule has 1 radical (unpaired) electrons. The number of carbonyl (C=O) groups is 4. The molecule has 2 amide bonds. The lowest BCUT2D eigenvalue weighted by atomic mass is 10.1. The summed E-state index contributed by atoms with van der Waals surface area (Å²) in [6.07, 6.45) is 0. The van der Waals surface area contributed by atoms with Crippen molar-refractivity contribution < 1.29 is 38.7 Å². The summed E-state index contributed by atoms with van der Waals surface area (Å²) in [5.74, 6) is -3.50. The molecule has 0 fully saturated rings. The molecule has 29 heavy (non-hydrogen) atoms. The molecule has 4 N–H and O–H groups in total. The van der Waals surface area contributed by atoms with Gasteiger partial charge in [-0.3, -0.25) is 9.59 Å². The van der Waals surface area contributed by atoms with E-state index in [4.69, 9.17) is 9.31 Å². The van der Waals surface area contributed by atoms with Gasteiger partial charge in [0.1, 0.15) is 22.6 Å². The first-order chi connectivity index (χ1) is 13.7. The van der Waals surface area contributed by atoms with Gasteiger partial charge in [0.25, 0.3) is 0 Å². The zero-order valence-corrected chi connectivity index (χ0v) is 15.4. The number of anilines is 2. The third kappa shape index (κ3) is 5.99. The van der Waals surface area contributed by atoms with E-state index in [1.807, 2.05) is 0 Å². The van der Waals surface area contributed by atoms with Gasteiger partial charge in [-0.25, -0.2) is 9.59 Å². The second kappa shape index (κ2) is 9.26. The van der Waals surface area contributed by atoms with Crippen molar-refractivity contribution in [2.75, 3.05) is 10.6 Å². The Bertz CT molecular complexity index is 899. The second-order valence-electron chi connectivity index (χ2n) is 5.73. The van der Waals surface area contributed by atoms with E-state index in [1.54, 1.807) is 0 Å². The van der Waals surface area contributed by atoms with Crippen LogP contribution >= 0.6 is 0 Å². The Morgan fingerprint density at radius 2 is 1.14 bits per heavy atom. The Kier molecular flexibility index (Phi) is 6.80. The van der Waals surface area contributed by atoms with Crippen molar-refractivity contribution in [2.45, 2.75) is 13.8 Å². The minimum atomic E-state index is -1.30. The summed E-state index contributed by atoms with van der Waals surface area (Å²) in [5.41, 5.74) is 0.0564. The maximum absolute atomic E-state index is 11.4. The van der Waals surface area contributed by atoms with Crippen LogP contribution in [0.2, 0.25) is 0 Å². The van der Waals surface area contributed by atoms with E-state index in [0.717, 1.165) is 7.69 Å². The summed E-state index contributed by atoms with van der Waals surface area (Å²) < 4.78 is 10.4.